The first-order chi connectivity index (χ1) is 8.31. The van der Waals surface area contributed by atoms with Crippen LogP contribution in [0.1, 0.15) is 33.1 Å². The molecule has 0 aliphatic rings. The molecule has 18 heavy (non-hydrogen) atoms. The third-order valence-electron chi connectivity index (χ3n) is 2.13. The van der Waals surface area contributed by atoms with Gasteiger partial charge in [-0.05, 0) is 65.0 Å². The zero-order valence-corrected chi connectivity index (χ0v) is 13.7. The third kappa shape index (κ3) is 11.0. The molecule has 2 nitrogen and oxygen atoms in total. The lowest BCUT2D eigenvalue weighted by molar-refractivity contribution is -0.114. The molecule has 1 N–H and O–H groups in total. The Kier molecular flexibility index (Phi) is 9.68. The Morgan fingerprint density at radius 2 is 2.11 bits per heavy atom. The van der Waals surface area contributed by atoms with E-state index in [0.717, 1.165) is 15.6 Å². The molecule has 2 atom stereocenters. The summed E-state index contributed by atoms with van der Waals surface area (Å²) in [6.45, 7) is 7.57. The second kappa shape index (κ2) is 9.75. The minimum Gasteiger partial charge on any atom is -0.385 e. The zero-order chi connectivity index (χ0) is 14.1. The Hall–Kier alpha value is -0.130. The SMILES string of the molecule is C=C(I)CC(Cl)CCC(=O)C=CC(O)C=C(C)C. The Bertz CT molecular complexity index is 344. The number of hydrogen-bond donors (Lipinski definition) is 1. The van der Waals surface area contributed by atoms with Crippen molar-refractivity contribution in [3.05, 3.63) is 34.0 Å². The molecule has 102 valence electrons. The first-order valence-electron chi connectivity index (χ1n) is 5.82. The maximum Gasteiger partial charge on any atom is 0.155 e. The van der Waals surface area contributed by atoms with Crippen LogP contribution < -0.4 is 0 Å². The number of carbonyl (C=O) groups is 1. The van der Waals surface area contributed by atoms with Crippen molar-refractivity contribution in [3.63, 3.8) is 0 Å². The van der Waals surface area contributed by atoms with Gasteiger partial charge < -0.3 is 5.11 Å². The number of ketones is 1. The summed E-state index contributed by atoms with van der Waals surface area (Å²) >= 11 is 8.18. The van der Waals surface area contributed by atoms with E-state index in [1.807, 2.05) is 13.8 Å². The second-order valence-electron chi connectivity index (χ2n) is 4.42. The Balaban J connectivity index is 4.01. The number of hydrogen-bond acceptors (Lipinski definition) is 2. The summed E-state index contributed by atoms with van der Waals surface area (Å²) in [5, 5.41) is 9.46. The van der Waals surface area contributed by atoms with E-state index >= 15 is 0 Å². The maximum atomic E-state index is 11.5. The molecule has 0 saturated carbocycles. The van der Waals surface area contributed by atoms with Crippen LogP contribution in [0.4, 0.5) is 0 Å². The fourth-order valence-electron chi connectivity index (χ4n) is 1.33. The first kappa shape index (κ1) is 17.9. The van der Waals surface area contributed by atoms with Gasteiger partial charge in [0.05, 0.1) is 6.10 Å². The summed E-state index contributed by atoms with van der Waals surface area (Å²) in [7, 11) is 0. The van der Waals surface area contributed by atoms with Gasteiger partial charge in [0.1, 0.15) is 0 Å². The molecule has 0 aliphatic carbocycles. The molecule has 0 rings (SSSR count). The average molecular weight is 383 g/mol. The van der Waals surface area contributed by atoms with Crippen LogP contribution in [-0.4, -0.2) is 22.4 Å². The molecule has 2 unspecified atom stereocenters. The molecule has 0 spiro atoms. The highest BCUT2D eigenvalue weighted by atomic mass is 127. The van der Waals surface area contributed by atoms with E-state index in [9.17, 15) is 9.90 Å². The smallest absolute Gasteiger partial charge is 0.155 e. The first-order valence-corrected chi connectivity index (χ1v) is 7.34. The minimum absolute atomic E-state index is 0.0130. The number of aliphatic hydroxyl groups excluding tert-OH is 1. The number of carbonyl (C=O) groups excluding carboxylic acids is 1. The highest BCUT2D eigenvalue weighted by Crippen LogP contribution is 2.19. The summed E-state index contributed by atoms with van der Waals surface area (Å²) in [6, 6.07) is 0. The van der Waals surface area contributed by atoms with Crippen LogP contribution in [0.2, 0.25) is 0 Å². The summed E-state index contributed by atoms with van der Waals surface area (Å²) in [6.07, 6.45) is 5.66. The number of alkyl halides is 1. The van der Waals surface area contributed by atoms with Crippen molar-refractivity contribution in [3.8, 4) is 0 Å². The molecular weight excluding hydrogens is 363 g/mol. The number of rotatable bonds is 8. The molecule has 0 saturated heterocycles. The van der Waals surface area contributed by atoms with Gasteiger partial charge >= 0.3 is 0 Å². The number of aliphatic hydroxyl groups is 1. The standard InChI is InChI=1S/C14H20ClIO2/c1-10(2)8-14(18)7-6-13(17)5-4-12(15)9-11(3)16/h6-8,12,14,18H,3-5,9H2,1-2H3. The van der Waals surface area contributed by atoms with Crippen molar-refractivity contribution < 1.29 is 9.90 Å². The Labute approximate surface area is 128 Å². The van der Waals surface area contributed by atoms with Crippen LogP contribution in [0.15, 0.2) is 34.0 Å². The van der Waals surface area contributed by atoms with Gasteiger partial charge in [-0.3, -0.25) is 4.79 Å². The monoisotopic (exact) mass is 382 g/mol. The van der Waals surface area contributed by atoms with Crippen LogP contribution in [0.25, 0.3) is 0 Å². The van der Waals surface area contributed by atoms with Gasteiger partial charge in [0.25, 0.3) is 0 Å². The van der Waals surface area contributed by atoms with Crippen LogP contribution in [-0.2, 0) is 4.79 Å². The number of allylic oxidation sites excluding steroid dienone is 3. The van der Waals surface area contributed by atoms with Crippen molar-refractivity contribution >= 4 is 40.0 Å². The molecule has 0 aromatic carbocycles. The fourth-order valence-corrected chi connectivity index (χ4v) is 2.41. The summed E-state index contributed by atoms with van der Waals surface area (Å²) in [5.41, 5.74) is 1.01. The molecular formula is C14H20ClIO2. The van der Waals surface area contributed by atoms with Crippen molar-refractivity contribution in [2.75, 3.05) is 0 Å². The lowest BCUT2D eigenvalue weighted by Crippen LogP contribution is -2.04. The summed E-state index contributed by atoms with van der Waals surface area (Å²) in [4.78, 5) is 11.5. The average Bonchev–Trinajstić information content (AvgIpc) is 2.21. The van der Waals surface area contributed by atoms with Gasteiger partial charge in [-0.1, -0.05) is 18.2 Å². The molecule has 0 aliphatic heterocycles. The molecule has 0 bridgehead atoms. The van der Waals surface area contributed by atoms with E-state index in [4.69, 9.17) is 11.6 Å². The van der Waals surface area contributed by atoms with Gasteiger partial charge in [-0.25, -0.2) is 0 Å². The topological polar surface area (TPSA) is 37.3 Å². The quantitative estimate of drug-likeness (QED) is 0.296. The van der Waals surface area contributed by atoms with Gasteiger partial charge in [-0.15, -0.1) is 11.6 Å². The Morgan fingerprint density at radius 3 is 2.61 bits per heavy atom. The van der Waals surface area contributed by atoms with Crippen molar-refractivity contribution in [2.45, 2.75) is 44.6 Å². The predicted molar refractivity (Wildman–Crippen MR) is 86.2 cm³/mol. The van der Waals surface area contributed by atoms with E-state index in [-0.39, 0.29) is 11.2 Å². The molecule has 0 radical (unpaired) electrons. The molecule has 0 fully saturated rings. The van der Waals surface area contributed by atoms with E-state index < -0.39 is 6.10 Å². The van der Waals surface area contributed by atoms with Crippen molar-refractivity contribution in [2.24, 2.45) is 0 Å². The van der Waals surface area contributed by atoms with Crippen molar-refractivity contribution in [1.82, 2.24) is 0 Å². The minimum atomic E-state index is -0.695. The summed E-state index contributed by atoms with van der Waals surface area (Å²) in [5.74, 6) is -0.0130. The molecule has 0 aromatic heterocycles. The highest BCUT2D eigenvalue weighted by Gasteiger charge is 2.07. The largest absolute Gasteiger partial charge is 0.385 e. The summed E-state index contributed by atoms with van der Waals surface area (Å²) < 4.78 is 0.995. The Morgan fingerprint density at radius 1 is 1.50 bits per heavy atom. The van der Waals surface area contributed by atoms with Gasteiger partial charge in [-0.2, -0.15) is 0 Å². The molecule has 0 aromatic rings. The van der Waals surface area contributed by atoms with Crippen molar-refractivity contribution in [1.29, 1.82) is 0 Å². The fraction of sp³-hybridized carbons (Fsp3) is 0.500. The van der Waals surface area contributed by atoms with Crippen LogP contribution in [0.5, 0.6) is 0 Å². The maximum absolute atomic E-state index is 11.5. The lowest BCUT2D eigenvalue weighted by atomic mass is 10.1. The molecule has 4 heteroatoms. The van der Waals surface area contributed by atoms with E-state index in [2.05, 4.69) is 29.2 Å². The van der Waals surface area contributed by atoms with Gasteiger partial charge in [0.15, 0.2) is 5.78 Å². The van der Waals surface area contributed by atoms with E-state index in [0.29, 0.717) is 12.8 Å². The predicted octanol–water partition coefficient (Wildman–Crippen LogP) is 4.17. The zero-order valence-electron chi connectivity index (χ0n) is 10.8. The lowest BCUT2D eigenvalue weighted by Gasteiger charge is -2.06. The molecule has 0 heterocycles. The second-order valence-corrected chi connectivity index (χ2v) is 6.56. The number of halogens is 2. The highest BCUT2D eigenvalue weighted by molar-refractivity contribution is 14.1. The molecule has 0 amide bonds. The normalized spacial score (nSPS) is 14.3. The van der Waals surface area contributed by atoms with E-state index in [1.54, 1.807) is 6.08 Å². The van der Waals surface area contributed by atoms with Gasteiger partial charge in [0.2, 0.25) is 0 Å². The third-order valence-corrected chi connectivity index (χ3v) is 2.94. The van der Waals surface area contributed by atoms with Crippen LogP contribution in [0, 0.1) is 0 Å². The van der Waals surface area contributed by atoms with Gasteiger partial charge in [0, 0.05) is 11.8 Å². The van der Waals surface area contributed by atoms with Crippen LogP contribution >= 0.6 is 34.2 Å². The van der Waals surface area contributed by atoms with E-state index in [1.165, 1.54) is 12.2 Å². The van der Waals surface area contributed by atoms with Crippen LogP contribution in [0.3, 0.4) is 0 Å².